The van der Waals surface area contributed by atoms with Gasteiger partial charge in [-0.15, -0.1) is 0 Å². The molecule has 0 amide bonds. The minimum atomic E-state index is -0.120. The quantitative estimate of drug-likeness (QED) is 0.542. The van der Waals surface area contributed by atoms with Gasteiger partial charge in [-0.2, -0.15) is 0 Å². The first-order valence-corrected chi connectivity index (χ1v) is 7.62. The monoisotopic (exact) mass is 361 g/mol. The summed E-state index contributed by atoms with van der Waals surface area (Å²) in [6, 6.07) is 15.8. The predicted octanol–water partition coefficient (Wildman–Crippen LogP) is 4.20. The molecule has 0 aliphatic rings. The van der Waals surface area contributed by atoms with E-state index in [-0.39, 0.29) is 6.04 Å². The highest BCUT2D eigenvalue weighted by Gasteiger charge is 2.14. The first-order valence-electron chi connectivity index (χ1n) is 6.45. The van der Waals surface area contributed by atoms with Crippen LogP contribution in [0.5, 0.6) is 0 Å². The first kappa shape index (κ1) is 14.5. The number of pyridine rings is 1. The van der Waals surface area contributed by atoms with Crippen molar-refractivity contribution in [2.75, 3.05) is 0 Å². The molecule has 106 valence electrons. The van der Waals surface area contributed by atoms with Gasteiger partial charge in [0.1, 0.15) is 0 Å². The number of benzene rings is 2. The van der Waals surface area contributed by atoms with E-state index in [2.05, 4.69) is 32.4 Å². The molecular formula is C16H13BrClN3. The Morgan fingerprint density at radius 1 is 1.10 bits per heavy atom. The van der Waals surface area contributed by atoms with Crippen LogP contribution in [0.2, 0.25) is 5.02 Å². The van der Waals surface area contributed by atoms with E-state index in [4.69, 9.17) is 17.4 Å². The Hall–Kier alpha value is -1.46. The maximum absolute atomic E-state index is 6.04. The molecule has 0 bridgehead atoms. The number of aromatic nitrogens is 1. The molecule has 0 saturated heterocycles. The van der Waals surface area contributed by atoms with Gasteiger partial charge in [0.25, 0.3) is 0 Å². The van der Waals surface area contributed by atoms with E-state index in [0.717, 1.165) is 26.5 Å². The van der Waals surface area contributed by atoms with Gasteiger partial charge in [0.2, 0.25) is 0 Å². The average molecular weight is 363 g/mol. The molecule has 2 aromatic carbocycles. The van der Waals surface area contributed by atoms with Crippen molar-refractivity contribution >= 4 is 38.4 Å². The number of halogens is 2. The number of rotatable bonds is 3. The second kappa shape index (κ2) is 6.12. The van der Waals surface area contributed by atoms with Crippen LogP contribution in [-0.2, 0) is 0 Å². The lowest BCUT2D eigenvalue weighted by Crippen LogP contribution is -2.28. The number of nitrogens with one attached hydrogen (secondary N) is 1. The van der Waals surface area contributed by atoms with E-state index in [9.17, 15) is 0 Å². The van der Waals surface area contributed by atoms with Gasteiger partial charge in [-0.3, -0.25) is 10.8 Å². The molecule has 3 nitrogen and oxygen atoms in total. The van der Waals surface area contributed by atoms with Gasteiger partial charge in [0.15, 0.2) is 0 Å². The van der Waals surface area contributed by atoms with Crippen LogP contribution < -0.4 is 11.3 Å². The highest BCUT2D eigenvalue weighted by Crippen LogP contribution is 2.29. The fraction of sp³-hybridized carbons (Fsp3) is 0.0625. The molecule has 0 saturated carbocycles. The summed E-state index contributed by atoms with van der Waals surface area (Å²) in [7, 11) is 0. The number of hydrogen-bond donors (Lipinski definition) is 2. The standard InChI is InChI=1S/C16H13BrClN3/c17-13-8-11(5-6-14(13)18)16(21-19)12-4-3-10-2-1-7-20-15(10)9-12/h1-9,16,21H,19H2. The van der Waals surface area contributed by atoms with E-state index in [1.165, 1.54) is 0 Å². The van der Waals surface area contributed by atoms with Crippen LogP contribution in [0.25, 0.3) is 10.9 Å². The Kier molecular flexibility index (Phi) is 4.22. The Balaban J connectivity index is 2.06. The lowest BCUT2D eigenvalue weighted by atomic mass is 9.98. The van der Waals surface area contributed by atoms with Crippen LogP contribution in [0, 0.1) is 0 Å². The van der Waals surface area contributed by atoms with Gasteiger partial charge in [-0.1, -0.05) is 35.9 Å². The molecule has 3 aromatic rings. The molecule has 21 heavy (non-hydrogen) atoms. The minimum Gasteiger partial charge on any atom is -0.271 e. The predicted molar refractivity (Wildman–Crippen MR) is 90.1 cm³/mol. The van der Waals surface area contributed by atoms with Gasteiger partial charge in [-0.05, 0) is 51.3 Å². The van der Waals surface area contributed by atoms with E-state index in [1.807, 2.05) is 42.5 Å². The largest absolute Gasteiger partial charge is 0.271 e. The van der Waals surface area contributed by atoms with Gasteiger partial charge in [0.05, 0.1) is 16.6 Å². The summed E-state index contributed by atoms with van der Waals surface area (Å²) in [4.78, 5) is 4.38. The van der Waals surface area contributed by atoms with Crippen molar-refractivity contribution in [1.82, 2.24) is 10.4 Å². The highest BCUT2D eigenvalue weighted by molar-refractivity contribution is 9.10. The van der Waals surface area contributed by atoms with Crippen LogP contribution in [0.15, 0.2) is 59.2 Å². The maximum Gasteiger partial charge on any atom is 0.0711 e. The summed E-state index contributed by atoms with van der Waals surface area (Å²) < 4.78 is 0.848. The summed E-state index contributed by atoms with van der Waals surface area (Å²) in [5, 5.41) is 1.78. The van der Waals surface area contributed by atoms with Crippen molar-refractivity contribution in [3.05, 3.63) is 75.4 Å². The third kappa shape index (κ3) is 2.94. The average Bonchev–Trinajstić information content (AvgIpc) is 2.51. The first-order chi connectivity index (χ1) is 10.2. The SMILES string of the molecule is NNC(c1ccc(Cl)c(Br)c1)c1ccc2cccnc2c1. The third-order valence-corrected chi connectivity index (χ3v) is 4.62. The van der Waals surface area contributed by atoms with Crippen molar-refractivity contribution < 1.29 is 0 Å². The molecule has 0 fully saturated rings. The Bertz CT molecular complexity index is 791. The van der Waals surface area contributed by atoms with E-state index in [0.29, 0.717) is 5.02 Å². The van der Waals surface area contributed by atoms with E-state index in [1.54, 1.807) is 6.20 Å². The van der Waals surface area contributed by atoms with Crippen molar-refractivity contribution in [2.24, 2.45) is 5.84 Å². The van der Waals surface area contributed by atoms with Crippen molar-refractivity contribution in [1.29, 1.82) is 0 Å². The summed E-state index contributed by atoms with van der Waals surface area (Å²) in [5.74, 6) is 5.75. The number of nitrogens with zero attached hydrogens (tertiary/aromatic N) is 1. The highest BCUT2D eigenvalue weighted by atomic mass is 79.9. The number of hydrazine groups is 1. The van der Waals surface area contributed by atoms with Gasteiger partial charge >= 0.3 is 0 Å². The molecule has 1 heterocycles. The van der Waals surface area contributed by atoms with E-state index >= 15 is 0 Å². The minimum absolute atomic E-state index is 0.120. The molecule has 0 aliphatic carbocycles. The molecule has 3 rings (SSSR count). The van der Waals surface area contributed by atoms with Crippen molar-refractivity contribution in [3.63, 3.8) is 0 Å². The summed E-state index contributed by atoms with van der Waals surface area (Å²) >= 11 is 9.49. The fourth-order valence-corrected chi connectivity index (χ4v) is 2.85. The molecule has 5 heteroatoms. The normalized spacial score (nSPS) is 12.5. The smallest absolute Gasteiger partial charge is 0.0711 e. The molecular weight excluding hydrogens is 350 g/mol. The zero-order chi connectivity index (χ0) is 14.8. The molecule has 1 unspecified atom stereocenters. The Morgan fingerprint density at radius 3 is 2.62 bits per heavy atom. The molecule has 3 N–H and O–H groups in total. The van der Waals surface area contributed by atoms with Crippen molar-refractivity contribution in [2.45, 2.75) is 6.04 Å². The lowest BCUT2D eigenvalue weighted by Gasteiger charge is -2.18. The Morgan fingerprint density at radius 2 is 1.86 bits per heavy atom. The summed E-state index contributed by atoms with van der Waals surface area (Å²) in [6.45, 7) is 0. The second-order valence-corrected chi connectivity index (χ2v) is 5.99. The zero-order valence-electron chi connectivity index (χ0n) is 11.1. The molecule has 0 spiro atoms. The molecule has 1 atom stereocenters. The number of hydrogen-bond acceptors (Lipinski definition) is 3. The topological polar surface area (TPSA) is 50.9 Å². The summed E-state index contributed by atoms with van der Waals surface area (Å²) in [6.07, 6.45) is 1.79. The van der Waals surface area contributed by atoms with Crippen molar-refractivity contribution in [3.8, 4) is 0 Å². The number of nitrogens with two attached hydrogens (primary N) is 1. The fourth-order valence-electron chi connectivity index (χ4n) is 2.34. The second-order valence-electron chi connectivity index (χ2n) is 4.73. The van der Waals surface area contributed by atoms with Gasteiger partial charge in [-0.25, -0.2) is 5.43 Å². The number of fused-ring (bicyclic) bond motifs is 1. The zero-order valence-corrected chi connectivity index (χ0v) is 13.4. The molecule has 0 radical (unpaired) electrons. The van der Waals surface area contributed by atoms with E-state index < -0.39 is 0 Å². The van der Waals surface area contributed by atoms with Crippen LogP contribution >= 0.6 is 27.5 Å². The molecule has 0 aliphatic heterocycles. The van der Waals surface area contributed by atoms with Gasteiger partial charge in [0, 0.05) is 16.1 Å². The van der Waals surface area contributed by atoms with Crippen LogP contribution in [-0.4, -0.2) is 4.98 Å². The molecule has 1 aromatic heterocycles. The van der Waals surface area contributed by atoms with Crippen LogP contribution in [0.1, 0.15) is 17.2 Å². The van der Waals surface area contributed by atoms with Gasteiger partial charge < -0.3 is 0 Å². The maximum atomic E-state index is 6.04. The van der Waals surface area contributed by atoms with Crippen LogP contribution in [0.3, 0.4) is 0 Å². The third-order valence-electron chi connectivity index (χ3n) is 3.41. The Labute approximate surface area is 136 Å². The summed E-state index contributed by atoms with van der Waals surface area (Å²) in [5.41, 5.74) is 5.89. The lowest BCUT2D eigenvalue weighted by molar-refractivity contribution is 0.637. The van der Waals surface area contributed by atoms with Crippen LogP contribution in [0.4, 0.5) is 0 Å².